The molecule has 0 unspecified atom stereocenters. The number of halogens is 3. The van der Waals surface area contributed by atoms with Crippen molar-refractivity contribution < 1.29 is 57.7 Å². The molecular weight excluding hydrogens is 423 g/mol. The van der Waals surface area contributed by atoms with Crippen LogP contribution in [-0.4, -0.2) is 8.07 Å². The third kappa shape index (κ3) is 5.06. The molecule has 136 valence electrons. The van der Waals surface area contributed by atoms with Gasteiger partial charge in [-0.15, -0.1) is 0 Å². The van der Waals surface area contributed by atoms with Gasteiger partial charge in [0.05, 0.1) is 0 Å². The molecule has 1 aromatic rings. The predicted molar refractivity (Wildman–Crippen MR) is 94.3 cm³/mol. The second-order valence-electron chi connectivity index (χ2n) is 7.93. The van der Waals surface area contributed by atoms with Gasteiger partial charge in [-0.25, -0.2) is 0 Å². The van der Waals surface area contributed by atoms with Crippen molar-refractivity contribution in [1.82, 2.24) is 0 Å². The number of benzene rings is 1. The molecule has 1 saturated carbocycles. The zero-order valence-corrected chi connectivity index (χ0v) is 20.2. The Labute approximate surface area is 185 Å². The fourth-order valence-corrected chi connectivity index (χ4v) is 8.43. The second kappa shape index (κ2) is 10.2. The molecule has 0 N–H and O–H groups in total. The van der Waals surface area contributed by atoms with Crippen molar-refractivity contribution in [3.8, 4) is 0 Å². The van der Waals surface area contributed by atoms with Gasteiger partial charge in [-0.2, -0.15) is 0 Å². The molecule has 0 radical (unpaired) electrons. The van der Waals surface area contributed by atoms with Crippen LogP contribution in [0.1, 0.15) is 44.1 Å². The van der Waals surface area contributed by atoms with Crippen molar-refractivity contribution in [2.24, 2.45) is 0 Å². The minimum atomic E-state index is -1.22. The molecule has 2 aliphatic rings. The van der Waals surface area contributed by atoms with Crippen molar-refractivity contribution in [2.75, 3.05) is 0 Å². The fraction of sp³-hybridized carbons (Fsp3) is 0.500. The van der Waals surface area contributed by atoms with Crippen LogP contribution in [0.15, 0.2) is 51.1 Å². The Hall–Kier alpha value is 0.501. The van der Waals surface area contributed by atoms with E-state index in [1.165, 1.54) is 38.5 Å². The average Bonchev–Trinajstić information content (AvgIpc) is 2.91. The van der Waals surface area contributed by atoms with Gasteiger partial charge >= 0.3 is 149 Å². The van der Waals surface area contributed by atoms with Gasteiger partial charge in [0.1, 0.15) is 0 Å². The molecule has 0 spiro atoms. The van der Waals surface area contributed by atoms with Crippen molar-refractivity contribution in [2.45, 2.75) is 63.6 Å². The maximum absolute atomic E-state index is 2.57. The van der Waals surface area contributed by atoms with E-state index in [4.69, 9.17) is 0 Å². The van der Waals surface area contributed by atoms with Crippen LogP contribution in [0, 0.1) is 0 Å². The SMILES string of the molecule is C[Si](C)(C)C1=CCC(C2(c3ccccc3)CCCCC2)=[C]1[Ti+3].[Cl-].[Cl-].[Cl-]. The number of rotatable bonds is 3. The summed E-state index contributed by atoms with van der Waals surface area (Å²) in [6.07, 6.45) is 10.6. The van der Waals surface area contributed by atoms with Crippen LogP contribution in [0.2, 0.25) is 19.6 Å². The van der Waals surface area contributed by atoms with E-state index in [0.29, 0.717) is 5.41 Å². The van der Waals surface area contributed by atoms with Crippen LogP contribution in [0.25, 0.3) is 0 Å². The quantitative estimate of drug-likeness (QED) is 0.429. The molecule has 0 atom stereocenters. The summed E-state index contributed by atoms with van der Waals surface area (Å²) in [6.45, 7) is 7.46. The van der Waals surface area contributed by atoms with Crippen molar-refractivity contribution in [1.29, 1.82) is 0 Å². The van der Waals surface area contributed by atoms with Gasteiger partial charge in [0.25, 0.3) is 0 Å². The molecule has 3 rings (SSSR count). The summed E-state index contributed by atoms with van der Waals surface area (Å²) in [5.41, 5.74) is 3.63. The number of allylic oxidation sites excluding steroid dienone is 4. The number of hydrogen-bond acceptors (Lipinski definition) is 0. The smallest absolute Gasteiger partial charge is 1.00 e. The topological polar surface area (TPSA) is 0 Å². The van der Waals surface area contributed by atoms with Gasteiger partial charge in [-0.3, -0.25) is 0 Å². The molecule has 0 saturated heterocycles. The van der Waals surface area contributed by atoms with Crippen LogP contribution < -0.4 is 37.2 Å². The molecular formula is C20H27Cl3SiTi. The molecule has 25 heavy (non-hydrogen) atoms. The standard InChI is InChI=1S/C20H27Si.3ClH.Ti/c1-21(2,3)19-13-12-18(16-19)20(14-8-5-9-15-20)17-10-6-4-7-11-17;;;;/h4,6-7,10-11,13H,5,8-9,12,14-15H2,1-3H3;3*1H;/q;;;;+3/p-3. The van der Waals surface area contributed by atoms with Crippen LogP contribution >= 0.6 is 0 Å². The molecule has 2 aliphatic carbocycles. The minimum Gasteiger partial charge on any atom is -1.00 e. The van der Waals surface area contributed by atoms with Gasteiger partial charge < -0.3 is 37.2 Å². The largest absolute Gasteiger partial charge is 1.00 e. The Morgan fingerprint density at radius 2 is 1.44 bits per heavy atom. The molecule has 0 bridgehead atoms. The predicted octanol–water partition coefficient (Wildman–Crippen LogP) is -3.09. The third-order valence-electron chi connectivity index (χ3n) is 5.50. The van der Waals surface area contributed by atoms with E-state index < -0.39 is 8.07 Å². The second-order valence-corrected chi connectivity index (χ2v) is 13.8. The van der Waals surface area contributed by atoms with Gasteiger partial charge in [-0.05, 0) is 0 Å². The molecule has 5 heteroatoms. The Bertz CT molecular complexity index is 612. The molecule has 0 amide bonds. The summed E-state index contributed by atoms with van der Waals surface area (Å²) in [4.78, 5) is 0. The summed E-state index contributed by atoms with van der Waals surface area (Å²) >= 11 is 2.41. The molecule has 0 nitrogen and oxygen atoms in total. The zero-order chi connectivity index (χ0) is 15.8. The molecule has 1 aromatic carbocycles. The Morgan fingerprint density at radius 1 is 0.880 bits per heavy atom. The van der Waals surface area contributed by atoms with Crippen molar-refractivity contribution >= 4 is 8.07 Å². The van der Waals surface area contributed by atoms with E-state index in [9.17, 15) is 0 Å². The first kappa shape index (κ1) is 25.5. The first-order valence-electron chi connectivity index (χ1n) is 8.67. The first-order chi connectivity index (χ1) is 10.5. The van der Waals surface area contributed by atoms with Crippen molar-refractivity contribution in [3.63, 3.8) is 0 Å². The van der Waals surface area contributed by atoms with Crippen LogP contribution in [0.4, 0.5) is 0 Å². The first-order valence-corrected chi connectivity index (χ1v) is 12.9. The van der Waals surface area contributed by atoms with E-state index >= 15 is 0 Å². The molecule has 0 aliphatic heterocycles. The monoisotopic (exact) mass is 448 g/mol. The van der Waals surface area contributed by atoms with Crippen LogP contribution in [-0.2, 0) is 25.9 Å². The summed E-state index contributed by atoms with van der Waals surface area (Å²) < 4.78 is 1.64. The Balaban J connectivity index is 0.00000192. The summed E-state index contributed by atoms with van der Waals surface area (Å²) in [6, 6.07) is 11.4. The van der Waals surface area contributed by atoms with Crippen LogP contribution in [0.5, 0.6) is 0 Å². The third-order valence-corrected chi connectivity index (χ3v) is 8.85. The van der Waals surface area contributed by atoms with Gasteiger partial charge in [-0.1, -0.05) is 0 Å². The average molecular weight is 450 g/mol. The zero-order valence-electron chi connectivity index (χ0n) is 15.3. The normalized spacial score (nSPS) is 19.3. The molecule has 1 fully saturated rings. The van der Waals surface area contributed by atoms with E-state index in [-0.39, 0.29) is 37.2 Å². The van der Waals surface area contributed by atoms with E-state index in [1.807, 2.05) is 0 Å². The fourth-order valence-electron chi connectivity index (χ4n) is 4.36. The Kier molecular flexibility index (Phi) is 10.4. The van der Waals surface area contributed by atoms with E-state index in [1.54, 1.807) is 20.2 Å². The summed E-state index contributed by atoms with van der Waals surface area (Å²) in [7, 11) is -1.22. The van der Waals surface area contributed by atoms with E-state index in [0.717, 1.165) is 0 Å². The van der Waals surface area contributed by atoms with Crippen LogP contribution in [0.3, 0.4) is 0 Å². The minimum absolute atomic E-state index is 0. The van der Waals surface area contributed by atoms with E-state index in [2.05, 4.69) is 76.5 Å². The van der Waals surface area contributed by atoms with Gasteiger partial charge in [0.15, 0.2) is 0 Å². The Morgan fingerprint density at radius 3 is 1.92 bits per heavy atom. The van der Waals surface area contributed by atoms with Gasteiger partial charge in [0.2, 0.25) is 0 Å². The maximum Gasteiger partial charge on any atom is -1.00 e. The number of hydrogen-bond donors (Lipinski definition) is 0. The molecule has 0 aromatic heterocycles. The van der Waals surface area contributed by atoms with Crippen molar-refractivity contribution in [3.05, 3.63) is 56.6 Å². The maximum atomic E-state index is 2.57. The summed E-state index contributed by atoms with van der Waals surface area (Å²) in [5.74, 6) is 0. The molecule has 0 heterocycles. The summed E-state index contributed by atoms with van der Waals surface area (Å²) in [5, 5.41) is 1.71. The van der Waals surface area contributed by atoms with Gasteiger partial charge in [0, 0.05) is 0 Å².